The summed E-state index contributed by atoms with van der Waals surface area (Å²) in [5, 5.41) is 10.2. The van der Waals surface area contributed by atoms with E-state index in [1.807, 2.05) is 13.8 Å². The van der Waals surface area contributed by atoms with E-state index in [0.29, 0.717) is 5.92 Å². The van der Waals surface area contributed by atoms with Gasteiger partial charge in [-0.15, -0.1) is 0 Å². The molecule has 0 saturated carbocycles. The zero-order valence-electron chi connectivity index (χ0n) is 9.26. The van der Waals surface area contributed by atoms with Crippen LogP contribution in [0.4, 0.5) is 0 Å². The van der Waals surface area contributed by atoms with Crippen LogP contribution in [0.25, 0.3) is 0 Å². The molecule has 1 saturated heterocycles. The van der Waals surface area contributed by atoms with Crippen molar-refractivity contribution in [1.82, 2.24) is 0 Å². The van der Waals surface area contributed by atoms with E-state index in [2.05, 4.69) is 13.8 Å². The van der Waals surface area contributed by atoms with E-state index in [1.165, 1.54) is 0 Å². The van der Waals surface area contributed by atoms with E-state index >= 15 is 0 Å². The van der Waals surface area contributed by atoms with Crippen LogP contribution in [0.15, 0.2) is 0 Å². The Morgan fingerprint density at radius 1 is 1.23 bits per heavy atom. The van der Waals surface area contributed by atoms with Gasteiger partial charge in [0, 0.05) is 18.6 Å². The second kappa shape index (κ2) is 3.58. The van der Waals surface area contributed by atoms with E-state index < -0.39 is 5.60 Å². The molecule has 1 aliphatic heterocycles. The van der Waals surface area contributed by atoms with Crippen molar-refractivity contribution in [3.05, 3.63) is 0 Å². The number of aliphatic hydroxyl groups is 1. The van der Waals surface area contributed by atoms with Crippen LogP contribution in [-0.4, -0.2) is 23.9 Å². The van der Waals surface area contributed by atoms with Crippen molar-refractivity contribution in [2.75, 3.05) is 13.2 Å². The molecule has 0 spiro atoms. The third-order valence-corrected chi connectivity index (χ3v) is 3.71. The first-order valence-electron chi connectivity index (χ1n) is 5.20. The summed E-state index contributed by atoms with van der Waals surface area (Å²) in [5.41, 5.74) is -0.545. The van der Waals surface area contributed by atoms with Gasteiger partial charge in [-0.2, -0.15) is 0 Å². The van der Waals surface area contributed by atoms with Gasteiger partial charge in [-0.05, 0) is 32.6 Å². The largest absolute Gasteiger partial charge is 0.390 e. The molecule has 1 fully saturated rings. The first-order chi connectivity index (χ1) is 5.90. The molecule has 2 nitrogen and oxygen atoms in total. The predicted octanol–water partition coefficient (Wildman–Crippen LogP) is 2.21. The van der Waals surface area contributed by atoms with Crippen LogP contribution in [-0.2, 0) is 4.74 Å². The molecule has 13 heavy (non-hydrogen) atoms. The summed E-state index contributed by atoms with van der Waals surface area (Å²) in [4.78, 5) is 0. The van der Waals surface area contributed by atoms with Gasteiger partial charge < -0.3 is 9.84 Å². The third kappa shape index (κ3) is 1.89. The minimum absolute atomic E-state index is 0.0469. The van der Waals surface area contributed by atoms with E-state index in [9.17, 15) is 5.11 Å². The maximum Gasteiger partial charge on any atom is 0.0651 e. The molecule has 0 radical (unpaired) electrons. The van der Waals surface area contributed by atoms with Gasteiger partial charge in [-0.3, -0.25) is 0 Å². The van der Waals surface area contributed by atoms with Crippen LogP contribution in [0, 0.1) is 11.3 Å². The zero-order chi connectivity index (χ0) is 10.1. The molecule has 1 N–H and O–H groups in total. The van der Waals surface area contributed by atoms with E-state index in [1.54, 1.807) is 0 Å². The minimum atomic E-state index is -0.592. The number of hydrogen-bond acceptors (Lipinski definition) is 2. The van der Waals surface area contributed by atoms with Crippen molar-refractivity contribution in [2.24, 2.45) is 11.3 Å². The van der Waals surface area contributed by atoms with Crippen LogP contribution >= 0.6 is 0 Å². The summed E-state index contributed by atoms with van der Waals surface area (Å²) in [6.45, 7) is 9.84. The molecule has 0 bridgehead atoms. The summed E-state index contributed by atoms with van der Waals surface area (Å²) < 4.78 is 5.36. The Kier molecular flexibility index (Phi) is 3.03. The lowest BCUT2D eigenvalue weighted by atomic mass is 9.62. The molecule has 0 aromatic heterocycles. The van der Waals surface area contributed by atoms with Gasteiger partial charge in [0.25, 0.3) is 0 Å². The van der Waals surface area contributed by atoms with Crippen LogP contribution in [0.3, 0.4) is 0 Å². The Morgan fingerprint density at radius 2 is 1.69 bits per heavy atom. The van der Waals surface area contributed by atoms with E-state index in [-0.39, 0.29) is 5.41 Å². The smallest absolute Gasteiger partial charge is 0.0651 e. The van der Waals surface area contributed by atoms with Crippen LogP contribution in [0.5, 0.6) is 0 Å². The summed E-state index contributed by atoms with van der Waals surface area (Å²) in [6.07, 6.45) is 1.96. The SMILES string of the molecule is CC(C)C1(C(C)(C)O)CCOCC1. The predicted molar refractivity (Wildman–Crippen MR) is 53.6 cm³/mol. The molecule has 0 aromatic rings. The number of hydrogen-bond donors (Lipinski definition) is 1. The van der Waals surface area contributed by atoms with Gasteiger partial charge in [-0.25, -0.2) is 0 Å². The molecular weight excluding hydrogens is 164 g/mol. The van der Waals surface area contributed by atoms with Gasteiger partial charge >= 0.3 is 0 Å². The molecule has 1 rings (SSSR count). The molecule has 78 valence electrons. The first-order valence-corrected chi connectivity index (χ1v) is 5.20. The monoisotopic (exact) mass is 186 g/mol. The van der Waals surface area contributed by atoms with Gasteiger partial charge in [0.15, 0.2) is 0 Å². The second-order valence-electron chi connectivity index (χ2n) is 4.98. The lowest BCUT2D eigenvalue weighted by Gasteiger charge is -2.49. The van der Waals surface area contributed by atoms with Crippen molar-refractivity contribution in [1.29, 1.82) is 0 Å². The summed E-state index contributed by atoms with van der Waals surface area (Å²) in [7, 11) is 0. The van der Waals surface area contributed by atoms with Crippen LogP contribution in [0.2, 0.25) is 0 Å². The van der Waals surface area contributed by atoms with Crippen molar-refractivity contribution in [3.63, 3.8) is 0 Å². The van der Waals surface area contributed by atoms with E-state index in [4.69, 9.17) is 4.74 Å². The Labute approximate surface area is 81.3 Å². The van der Waals surface area contributed by atoms with Gasteiger partial charge in [-0.1, -0.05) is 13.8 Å². The first kappa shape index (κ1) is 11.0. The van der Waals surface area contributed by atoms with Crippen LogP contribution in [0.1, 0.15) is 40.5 Å². The van der Waals surface area contributed by atoms with E-state index in [0.717, 1.165) is 26.1 Å². The molecule has 0 aromatic carbocycles. The fourth-order valence-electron chi connectivity index (χ4n) is 2.63. The topological polar surface area (TPSA) is 29.5 Å². The highest BCUT2D eigenvalue weighted by Gasteiger charge is 2.46. The van der Waals surface area contributed by atoms with Crippen molar-refractivity contribution in [2.45, 2.75) is 46.1 Å². The van der Waals surface area contributed by atoms with Crippen molar-refractivity contribution < 1.29 is 9.84 Å². The summed E-state index contributed by atoms with van der Waals surface area (Å²) in [5.74, 6) is 0.511. The highest BCUT2D eigenvalue weighted by molar-refractivity contribution is 4.96. The molecule has 0 atom stereocenters. The summed E-state index contributed by atoms with van der Waals surface area (Å²) >= 11 is 0. The third-order valence-electron chi connectivity index (χ3n) is 3.71. The molecule has 0 aliphatic carbocycles. The summed E-state index contributed by atoms with van der Waals surface area (Å²) in [6, 6.07) is 0. The lowest BCUT2D eigenvalue weighted by molar-refractivity contribution is -0.136. The lowest BCUT2D eigenvalue weighted by Crippen LogP contribution is -2.50. The average Bonchev–Trinajstić information content (AvgIpc) is 2.03. The van der Waals surface area contributed by atoms with Gasteiger partial charge in [0.1, 0.15) is 0 Å². The zero-order valence-corrected chi connectivity index (χ0v) is 9.26. The fraction of sp³-hybridized carbons (Fsp3) is 1.00. The number of rotatable bonds is 2. The van der Waals surface area contributed by atoms with Gasteiger partial charge in [0.05, 0.1) is 5.60 Å². The normalized spacial score (nSPS) is 23.5. The molecular formula is C11H22O2. The molecule has 0 unspecified atom stereocenters. The molecule has 1 heterocycles. The maximum absolute atomic E-state index is 10.2. The Bertz CT molecular complexity index is 161. The molecule has 0 amide bonds. The minimum Gasteiger partial charge on any atom is -0.390 e. The highest BCUT2D eigenvalue weighted by Crippen LogP contribution is 2.46. The standard InChI is InChI=1S/C11H22O2/c1-9(2)11(10(3,4)12)5-7-13-8-6-11/h9,12H,5-8H2,1-4H3. The fourth-order valence-corrected chi connectivity index (χ4v) is 2.63. The maximum atomic E-state index is 10.2. The van der Waals surface area contributed by atoms with Crippen LogP contribution < -0.4 is 0 Å². The van der Waals surface area contributed by atoms with Crippen molar-refractivity contribution in [3.8, 4) is 0 Å². The Hall–Kier alpha value is -0.0800. The Morgan fingerprint density at radius 3 is 1.92 bits per heavy atom. The van der Waals surface area contributed by atoms with Crippen molar-refractivity contribution >= 4 is 0 Å². The highest BCUT2D eigenvalue weighted by atomic mass is 16.5. The quantitative estimate of drug-likeness (QED) is 0.716. The molecule has 1 aliphatic rings. The van der Waals surface area contributed by atoms with Gasteiger partial charge in [0.2, 0.25) is 0 Å². The average molecular weight is 186 g/mol. The molecule has 2 heteroatoms. The second-order valence-corrected chi connectivity index (χ2v) is 4.98. The Balaban J connectivity index is 2.86. The number of ether oxygens (including phenoxy) is 1.